The normalized spacial score (nSPS) is 19.5. The molecule has 1 fully saturated rings. The van der Waals surface area contributed by atoms with Gasteiger partial charge < -0.3 is 9.80 Å². The van der Waals surface area contributed by atoms with Gasteiger partial charge in [-0.15, -0.1) is 0 Å². The van der Waals surface area contributed by atoms with E-state index in [1.54, 1.807) is 37.1 Å². The number of hydrogen-bond donors (Lipinski definition) is 1. The lowest BCUT2D eigenvalue weighted by Crippen LogP contribution is -2.36. The number of fused-ring (bicyclic) bond motifs is 1. The van der Waals surface area contributed by atoms with Crippen molar-refractivity contribution in [2.45, 2.75) is 43.7 Å². The highest BCUT2D eigenvalue weighted by Gasteiger charge is 2.31. The first kappa shape index (κ1) is 21.4. The molecule has 2 heterocycles. The van der Waals surface area contributed by atoms with Crippen molar-refractivity contribution in [3.8, 4) is 0 Å². The van der Waals surface area contributed by atoms with Crippen LogP contribution >= 0.6 is 0 Å². The number of likely N-dealkylation sites (N-methyl/N-ethyl adjacent to an activating group) is 1. The summed E-state index contributed by atoms with van der Waals surface area (Å²) in [6.07, 6.45) is 3.64. The van der Waals surface area contributed by atoms with Gasteiger partial charge in [0.2, 0.25) is 5.91 Å². The Hall–Kier alpha value is -2.87. The van der Waals surface area contributed by atoms with Gasteiger partial charge in [0.05, 0.1) is 4.90 Å². The largest absolute Gasteiger partial charge is 0.371 e. The van der Waals surface area contributed by atoms with Crippen LogP contribution in [0, 0.1) is 0 Å². The second kappa shape index (κ2) is 8.70. The fourth-order valence-corrected chi connectivity index (χ4v) is 5.46. The predicted octanol–water partition coefficient (Wildman–Crippen LogP) is 2.76. The number of amidine groups is 1. The number of hydrogen-bond acceptors (Lipinski definition) is 5. The molecule has 2 aliphatic rings. The van der Waals surface area contributed by atoms with Gasteiger partial charge in [-0.25, -0.2) is 8.42 Å². The predicted molar refractivity (Wildman–Crippen MR) is 122 cm³/mol. The average molecular weight is 441 g/mol. The molecule has 0 unspecified atom stereocenters. The van der Waals surface area contributed by atoms with Crippen LogP contribution in [0.2, 0.25) is 0 Å². The van der Waals surface area contributed by atoms with E-state index < -0.39 is 16.1 Å². The molecule has 0 saturated carbocycles. The van der Waals surface area contributed by atoms with Gasteiger partial charge in [0.15, 0.2) is 0 Å². The van der Waals surface area contributed by atoms with Gasteiger partial charge in [-0.05, 0) is 49.9 Å². The maximum Gasteiger partial charge on any atom is 0.263 e. The van der Waals surface area contributed by atoms with Crippen molar-refractivity contribution < 1.29 is 13.2 Å². The van der Waals surface area contributed by atoms with E-state index in [2.05, 4.69) is 26.7 Å². The molecule has 0 spiro atoms. The number of sulfonamides is 1. The SMILES string of the molecule is C[C@H](N=C1NS(=O)(=O)c2ccccc21)C(=O)N(C)Cc1ccccc1N1CCCCC1. The zero-order chi connectivity index (χ0) is 22.0. The Morgan fingerprint density at radius 2 is 1.77 bits per heavy atom. The number of anilines is 1. The van der Waals surface area contributed by atoms with Gasteiger partial charge in [-0.1, -0.05) is 30.3 Å². The van der Waals surface area contributed by atoms with Crippen molar-refractivity contribution in [1.29, 1.82) is 0 Å². The molecule has 0 radical (unpaired) electrons. The highest BCUT2D eigenvalue weighted by Crippen LogP contribution is 2.26. The summed E-state index contributed by atoms with van der Waals surface area (Å²) in [7, 11) is -1.86. The number of para-hydroxylation sites is 1. The molecule has 164 valence electrons. The third-order valence-electron chi connectivity index (χ3n) is 5.81. The molecule has 0 bridgehead atoms. The molecule has 4 rings (SSSR count). The molecule has 1 N–H and O–H groups in total. The first-order valence-electron chi connectivity index (χ1n) is 10.6. The molecular formula is C23H28N4O3S. The summed E-state index contributed by atoms with van der Waals surface area (Å²) >= 11 is 0. The van der Waals surface area contributed by atoms with Gasteiger partial charge in [0.1, 0.15) is 11.9 Å². The first-order valence-corrected chi connectivity index (χ1v) is 12.1. The lowest BCUT2D eigenvalue weighted by molar-refractivity contribution is -0.131. The Balaban J connectivity index is 1.50. The van der Waals surface area contributed by atoms with E-state index in [1.165, 1.54) is 31.0 Å². The van der Waals surface area contributed by atoms with E-state index in [1.807, 2.05) is 12.1 Å². The lowest BCUT2D eigenvalue weighted by Gasteiger charge is -2.31. The van der Waals surface area contributed by atoms with Crippen LogP contribution in [0.15, 0.2) is 58.4 Å². The fourth-order valence-electron chi connectivity index (χ4n) is 4.22. The number of carbonyl (C=O) groups is 1. The van der Waals surface area contributed by atoms with E-state index in [9.17, 15) is 13.2 Å². The quantitative estimate of drug-likeness (QED) is 0.775. The number of aliphatic imine (C=N–C) groups is 1. The van der Waals surface area contributed by atoms with E-state index in [0.29, 0.717) is 12.1 Å². The first-order chi connectivity index (χ1) is 14.9. The van der Waals surface area contributed by atoms with Crippen molar-refractivity contribution in [2.75, 3.05) is 25.0 Å². The van der Waals surface area contributed by atoms with Crippen molar-refractivity contribution in [3.05, 3.63) is 59.7 Å². The van der Waals surface area contributed by atoms with E-state index in [4.69, 9.17) is 0 Å². The minimum Gasteiger partial charge on any atom is -0.371 e. The average Bonchev–Trinajstić information content (AvgIpc) is 3.04. The van der Waals surface area contributed by atoms with Crippen LogP contribution in [0.1, 0.15) is 37.3 Å². The summed E-state index contributed by atoms with van der Waals surface area (Å²) in [5, 5.41) is 0. The summed E-state index contributed by atoms with van der Waals surface area (Å²) in [6.45, 7) is 4.25. The van der Waals surface area contributed by atoms with Gasteiger partial charge >= 0.3 is 0 Å². The van der Waals surface area contributed by atoms with Crippen LogP contribution in [0.3, 0.4) is 0 Å². The summed E-state index contributed by atoms with van der Waals surface area (Å²) in [6, 6.07) is 14.2. The fraction of sp³-hybridized carbons (Fsp3) is 0.391. The van der Waals surface area contributed by atoms with E-state index in [-0.39, 0.29) is 16.6 Å². The monoisotopic (exact) mass is 440 g/mol. The molecule has 2 aromatic carbocycles. The van der Waals surface area contributed by atoms with Gasteiger partial charge in [-0.3, -0.25) is 14.5 Å². The van der Waals surface area contributed by atoms with Crippen molar-refractivity contribution >= 4 is 27.5 Å². The summed E-state index contributed by atoms with van der Waals surface area (Å²) < 4.78 is 27.0. The van der Waals surface area contributed by atoms with Gasteiger partial charge in [0, 0.05) is 37.9 Å². The van der Waals surface area contributed by atoms with Crippen LogP contribution in [-0.4, -0.2) is 51.2 Å². The molecule has 2 aliphatic heterocycles. The molecule has 7 nitrogen and oxygen atoms in total. The molecular weight excluding hydrogens is 412 g/mol. The number of nitrogens with one attached hydrogen (secondary N) is 1. The molecule has 0 aromatic heterocycles. The highest BCUT2D eigenvalue weighted by atomic mass is 32.2. The van der Waals surface area contributed by atoms with Crippen LogP contribution in [-0.2, 0) is 21.4 Å². The van der Waals surface area contributed by atoms with E-state index >= 15 is 0 Å². The molecule has 2 aromatic rings. The number of nitrogens with zero attached hydrogens (tertiary/aromatic N) is 3. The Morgan fingerprint density at radius 1 is 1.10 bits per heavy atom. The molecule has 1 saturated heterocycles. The van der Waals surface area contributed by atoms with Crippen LogP contribution in [0.5, 0.6) is 0 Å². The topological polar surface area (TPSA) is 82.1 Å². The van der Waals surface area contributed by atoms with Crippen LogP contribution in [0.25, 0.3) is 0 Å². The molecule has 1 atom stereocenters. The standard InChI is InChI=1S/C23H28N4O3S/c1-17(24-22-19-11-5-7-13-21(19)31(29,30)25-22)23(28)26(2)16-18-10-4-6-12-20(18)27-14-8-3-9-15-27/h4-7,10-13,17H,3,8-9,14-16H2,1-2H3,(H,24,25)/t17-/m0/s1. The maximum absolute atomic E-state index is 13.0. The van der Waals surface area contributed by atoms with Crippen LogP contribution in [0.4, 0.5) is 5.69 Å². The second-order valence-electron chi connectivity index (χ2n) is 8.13. The lowest BCUT2D eigenvalue weighted by atomic mass is 10.1. The van der Waals surface area contributed by atoms with Crippen molar-refractivity contribution in [1.82, 2.24) is 9.62 Å². The van der Waals surface area contributed by atoms with Crippen molar-refractivity contribution in [2.24, 2.45) is 4.99 Å². The molecule has 0 aliphatic carbocycles. The van der Waals surface area contributed by atoms with Gasteiger partial charge in [-0.2, -0.15) is 0 Å². The third kappa shape index (κ3) is 4.44. The number of amides is 1. The smallest absolute Gasteiger partial charge is 0.263 e. The van der Waals surface area contributed by atoms with Crippen molar-refractivity contribution in [3.63, 3.8) is 0 Å². The second-order valence-corrected chi connectivity index (χ2v) is 9.78. The Bertz CT molecular complexity index is 1110. The third-order valence-corrected chi connectivity index (χ3v) is 7.21. The number of carbonyl (C=O) groups excluding carboxylic acids is 1. The molecule has 1 amide bonds. The zero-order valence-corrected chi connectivity index (χ0v) is 18.7. The zero-order valence-electron chi connectivity index (χ0n) is 17.9. The Morgan fingerprint density at radius 3 is 2.55 bits per heavy atom. The summed E-state index contributed by atoms with van der Waals surface area (Å²) in [4.78, 5) is 21.7. The minimum absolute atomic E-state index is 0.162. The Labute approximate surface area is 183 Å². The number of piperidine rings is 1. The highest BCUT2D eigenvalue weighted by molar-refractivity contribution is 7.90. The number of benzene rings is 2. The Kier molecular flexibility index (Phi) is 6.00. The molecule has 31 heavy (non-hydrogen) atoms. The van der Waals surface area contributed by atoms with Gasteiger partial charge in [0.25, 0.3) is 10.0 Å². The minimum atomic E-state index is -3.62. The van der Waals surface area contributed by atoms with E-state index in [0.717, 1.165) is 18.7 Å². The maximum atomic E-state index is 13.0. The van der Waals surface area contributed by atoms with Crippen LogP contribution < -0.4 is 9.62 Å². The molecule has 8 heteroatoms. The summed E-state index contributed by atoms with van der Waals surface area (Å²) in [5.41, 5.74) is 2.78. The summed E-state index contributed by atoms with van der Waals surface area (Å²) in [5.74, 6) is 0.0584. The number of rotatable bonds is 5.